The Labute approximate surface area is 189 Å². The molecule has 1 unspecified atom stereocenters. The van der Waals surface area contributed by atoms with Gasteiger partial charge in [0.05, 0.1) is 10.9 Å². The minimum atomic E-state index is -3.79. The fourth-order valence-corrected chi connectivity index (χ4v) is 5.53. The monoisotopic (exact) mass is 453 g/mol. The van der Waals surface area contributed by atoms with Gasteiger partial charge >= 0.3 is 0 Å². The molecule has 168 valence electrons. The fraction of sp³-hybridized carbons (Fsp3) is 0.280. The summed E-state index contributed by atoms with van der Waals surface area (Å²) in [4.78, 5) is 4.40. The summed E-state index contributed by atoms with van der Waals surface area (Å²) in [6, 6.07) is 20.0. The highest BCUT2D eigenvalue weighted by molar-refractivity contribution is 7.89. The molecule has 0 amide bonds. The molecule has 1 aliphatic heterocycles. The van der Waals surface area contributed by atoms with Gasteiger partial charge in [-0.25, -0.2) is 17.5 Å². The van der Waals surface area contributed by atoms with Gasteiger partial charge in [0.25, 0.3) is 0 Å². The summed E-state index contributed by atoms with van der Waals surface area (Å²) in [5, 5.41) is 0. The van der Waals surface area contributed by atoms with Crippen molar-refractivity contribution in [3.05, 3.63) is 89.2 Å². The van der Waals surface area contributed by atoms with Crippen molar-refractivity contribution < 1.29 is 12.8 Å². The highest BCUT2D eigenvalue weighted by Gasteiger charge is 2.29. The van der Waals surface area contributed by atoms with Gasteiger partial charge in [0.1, 0.15) is 5.82 Å². The van der Waals surface area contributed by atoms with E-state index in [4.69, 9.17) is 0 Å². The van der Waals surface area contributed by atoms with Crippen molar-refractivity contribution in [1.82, 2.24) is 4.72 Å². The molecule has 0 aliphatic carbocycles. The third-order valence-electron chi connectivity index (χ3n) is 5.99. The maximum absolute atomic E-state index is 13.5. The zero-order valence-corrected chi connectivity index (χ0v) is 19.4. The number of nitrogens with zero attached hydrogens (tertiary/aromatic N) is 2. The van der Waals surface area contributed by atoms with Crippen molar-refractivity contribution in [2.24, 2.45) is 0 Å². The number of para-hydroxylation sites is 1. The third kappa shape index (κ3) is 4.49. The quantitative estimate of drug-likeness (QED) is 0.580. The smallest absolute Gasteiger partial charge is 0.240 e. The molecule has 1 aliphatic rings. The second-order valence-electron chi connectivity index (χ2n) is 8.34. The number of halogens is 1. The summed E-state index contributed by atoms with van der Waals surface area (Å²) in [5.41, 5.74) is 4.89. The van der Waals surface area contributed by atoms with Crippen molar-refractivity contribution >= 4 is 21.4 Å². The van der Waals surface area contributed by atoms with E-state index in [0.29, 0.717) is 5.56 Å². The molecule has 0 spiro atoms. The number of hydrogen-bond acceptors (Lipinski definition) is 4. The van der Waals surface area contributed by atoms with E-state index in [0.717, 1.165) is 29.9 Å². The number of rotatable bonds is 7. The van der Waals surface area contributed by atoms with Crippen molar-refractivity contribution in [3.63, 3.8) is 0 Å². The lowest BCUT2D eigenvalue weighted by Gasteiger charge is -2.31. The molecule has 0 aromatic heterocycles. The first-order valence-corrected chi connectivity index (χ1v) is 12.1. The number of hydrogen-bond donors (Lipinski definition) is 1. The summed E-state index contributed by atoms with van der Waals surface area (Å²) in [7, 11) is 0.186. The molecule has 1 atom stereocenters. The Morgan fingerprint density at radius 2 is 1.78 bits per heavy atom. The first-order valence-electron chi connectivity index (χ1n) is 10.6. The third-order valence-corrected chi connectivity index (χ3v) is 7.57. The van der Waals surface area contributed by atoms with Gasteiger partial charge in [0, 0.05) is 38.6 Å². The van der Waals surface area contributed by atoms with Gasteiger partial charge in [0.15, 0.2) is 0 Å². The number of sulfonamides is 1. The highest BCUT2D eigenvalue weighted by Crippen LogP contribution is 2.35. The maximum Gasteiger partial charge on any atom is 0.240 e. The molecule has 5 nitrogen and oxygen atoms in total. The molecule has 7 heteroatoms. The molecule has 0 fully saturated rings. The second-order valence-corrected chi connectivity index (χ2v) is 10.1. The van der Waals surface area contributed by atoms with E-state index in [9.17, 15) is 12.8 Å². The van der Waals surface area contributed by atoms with Crippen molar-refractivity contribution in [2.75, 3.05) is 37.0 Å². The number of anilines is 2. The molecule has 1 heterocycles. The van der Waals surface area contributed by atoms with E-state index in [-0.39, 0.29) is 17.5 Å². The molecular formula is C25H28FN3O2S. The van der Waals surface area contributed by atoms with Crippen LogP contribution in [0.3, 0.4) is 0 Å². The molecule has 0 bridgehead atoms. The van der Waals surface area contributed by atoms with E-state index in [1.807, 2.05) is 43.3 Å². The number of nitrogens with one attached hydrogen (secondary N) is 1. The van der Waals surface area contributed by atoms with Crippen LogP contribution in [0.1, 0.15) is 22.7 Å². The zero-order valence-electron chi connectivity index (χ0n) is 18.5. The summed E-state index contributed by atoms with van der Waals surface area (Å²) < 4.78 is 42.3. The Balaban J connectivity index is 1.65. The highest BCUT2D eigenvalue weighted by atomic mass is 32.2. The maximum atomic E-state index is 13.5. The zero-order chi connectivity index (χ0) is 22.9. The van der Waals surface area contributed by atoms with Gasteiger partial charge in [0.2, 0.25) is 10.0 Å². The van der Waals surface area contributed by atoms with Gasteiger partial charge < -0.3 is 9.80 Å². The van der Waals surface area contributed by atoms with Gasteiger partial charge in [-0.1, -0.05) is 30.3 Å². The van der Waals surface area contributed by atoms with Crippen LogP contribution in [0.15, 0.2) is 71.6 Å². The van der Waals surface area contributed by atoms with Crippen LogP contribution in [-0.2, 0) is 16.4 Å². The predicted octanol–water partition coefficient (Wildman–Crippen LogP) is 4.28. The molecule has 32 heavy (non-hydrogen) atoms. The fourth-order valence-electron chi connectivity index (χ4n) is 4.27. The van der Waals surface area contributed by atoms with E-state index in [1.165, 1.54) is 23.8 Å². The van der Waals surface area contributed by atoms with Crippen LogP contribution in [0.5, 0.6) is 0 Å². The first kappa shape index (κ1) is 22.3. The molecule has 0 saturated heterocycles. The van der Waals surface area contributed by atoms with Crippen molar-refractivity contribution in [1.29, 1.82) is 0 Å². The van der Waals surface area contributed by atoms with Crippen LogP contribution in [0, 0.1) is 12.7 Å². The van der Waals surface area contributed by atoms with Crippen LogP contribution < -0.4 is 14.5 Å². The normalized spacial score (nSPS) is 14.3. The number of fused-ring (bicyclic) bond motifs is 1. The van der Waals surface area contributed by atoms with Crippen molar-refractivity contribution in [2.45, 2.75) is 24.3 Å². The molecule has 0 saturated carbocycles. The summed E-state index contributed by atoms with van der Waals surface area (Å²) in [6.07, 6.45) is 0.923. The SMILES string of the molecule is Cc1cc(F)ccc1S(=O)(=O)NCC(c1ccc(N(C)C)cc1)N1CCc2ccccc21. The Kier molecular flexibility index (Phi) is 6.22. The topological polar surface area (TPSA) is 52.7 Å². The van der Waals surface area contributed by atoms with Crippen LogP contribution in [0.25, 0.3) is 0 Å². The first-order chi connectivity index (χ1) is 15.3. The van der Waals surface area contributed by atoms with E-state index in [2.05, 4.69) is 33.9 Å². The van der Waals surface area contributed by atoms with E-state index in [1.54, 1.807) is 6.92 Å². The van der Waals surface area contributed by atoms with E-state index < -0.39 is 15.8 Å². The molecule has 3 aromatic rings. The minimum Gasteiger partial charge on any atom is -0.378 e. The molecule has 1 N–H and O–H groups in total. The molecule has 0 radical (unpaired) electrons. The van der Waals surface area contributed by atoms with Gasteiger partial charge in [-0.05, 0) is 66.4 Å². The average Bonchev–Trinajstić information content (AvgIpc) is 3.18. The Hall–Kier alpha value is -2.90. The number of benzene rings is 3. The molecule has 4 rings (SSSR count). The summed E-state index contributed by atoms with van der Waals surface area (Å²) >= 11 is 0. The largest absolute Gasteiger partial charge is 0.378 e. The van der Waals surface area contributed by atoms with Crippen LogP contribution >= 0.6 is 0 Å². The van der Waals surface area contributed by atoms with Gasteiger partial charge in [-0.15, -0.1) is 0 Å². The lowest BCUT2D eigenvalue weighted by molar-refractivity contribution is 0.561. The molecule has 3 aromatic carbocycles. The Morgan fingerprint density at radius 1 is 1.06 bits per heavy atom. The van der Waals surface area contributed by atoms with Crippen LogP contribution in [0.4, 0.5) is 15.8 Å². The van der Waals surface area contributed by atoms with Gasteiger partial charge in [-0.3, -0.25) is 0 Å². The van der Waals surface area contributed by atoms with E-state index >= 15 is 0 Å². The van der Waals surface area contributed by atoms with Crippen LogP contribution in [0.2, 0.25) is 0 Å². The average molecular weight is 454 g/mol. The number of aryl methyl sites for hydroxylation is 1. The van der Waals surface area contributed by atoms with Crippen LogP contribution in [-0.4, -0.2) is 35.6 Å². The molecular weight excluding hydrogens is 425 g/mol. The van der Waals surface area contributed by atoms with Gasteiger partial charge in [-0.2, -0.15) is 0 Å². The van der Waals surface area contributed by atoms with Crippen molar-refractivity contribution in [3.8, 4) is 0 Å². The minimum absolute atomic E-state index is 0.0995. The summed E-state index contributed by atoms with van der Waals surface area (Å²) in [5.74, 6) is -0.450. The lowest BCUT2D eigenvalue weighted by atomic mass is 10.0. The summed E-state index contributed by atoms with van der Waals surface area (Å²) in [6.45, 7) is 2.62. The Bertz CT molecular complexity index is 1210. The standard InChI is InChI=1S/C25H28FN3O2S/c1-18-16-21(26)10-13-25(18)32(30,31)27-17-24(20-8-11-22(12-9-20)28(2)3)29-15-14-19-6-4-5-7-23(19)29/h4-13,16,24,27H,14-15,17H2,1-3H3. The Morgan fingerprint density at radius 3 is 2.47 bits per heavy atom. The predicted molar refractivity (Wildman–Crippen MR) is 127 cm³/mol. The lowest BCUT2D eigenvalue weighted by Crippen LogP contribution is -2.37. The second kappa shape index (κ2) is 8.92.